The van der Waals surface area contributed by atoms with Gasteiger partial charge in [-0.1, -0.05) is 0 Å². The summed E-state index contributed by atoms with van der Waals surface area (Å²) in [7, 11) is 0. The Morgan fingerprint density at radius 3 is 2.77 bits per heavy atom. The van der Waals surface area contributed by atoms with Gasteiger partial charge in [-0.2, -0.15) is 0 Å². The van der Waals surface area contributed by atoms with Crippen molar-refractivity contribution in [2.75, 3.05) is 11.9 Å². The Labute approximate surface area is 75.2 Å². The summed E-state index contributed by atoms with van der Waals surface area (Å²) in [6.07, 6.45) is 3.75. The molecule has 0 bridgehead atoms. The standard InChI is InChI=1S/C8H9N3O2/c12-6-5-10-8(13)11-7-1-3-9-4-2-7/h1-4,6H,5H2,(H2,9,10,11,13). The van der Waals surface area contributed by atoms with Crippen molar-refractivity contribution in [1.82, 2.24) is 10.3 Å². The van der Waals surface area contributed by atoms with Gasteiger partial charge in [-0.05, 0) is 12.1 Å². The highest BCUT2D eigenvalue weighted by molar-refractivity contribution is 5.90. The molecule has 13 heavy (non-hydrogen) atoms. The molecule has 1 aromatic heterocycles. The Morgan fingerprint density at radius 2 is 2.15 bits per heavy atom. The molecule has 1 rings (SSSR count). The SMILES string of the molecule is O=CCNC(=O)Nc1ccncc1. The van der Waals surface area contributed by atoms with Crippen LogP contribution in [0, 0.1) is 0 Å². The third-order valence-electron chi connectivity index (χ3n) is 1.28. The second-order valence-electron chi connectivity index (χ2n) is 2.24. The van der Waals surface area contributed by atoms with E-state index in [1.807, 2.05) is 0 Å². The van der Waals surface area contributed by atoms with E-state index in [0.29, 0.717) is 12.0 Å². The molecular formula is C8H9N3O2. The molecule has 0 spiro atoms. The highest BCUT2D eigenvalue weighted by Crippen LogP contribution is 2.01. The van der Waals surface area contributed by atoms with Crippen LogP contribution in [0.1, 0.15) is 0 Å². The minimum atomic E-state index is -0.404. The first-order chi connectivity index (χ1) is 6.33. The number of amides is 2. The lowest BCUT2D eigenvalue weighted by atomic mass is 10.4. The highest BCUT2D eigenvalue weighted by Gasteiger charge is 1.98. The van der Waals surface area contributed by atoms with Gasteiger partial charge < -0.3 is 15.4 Å². The molecule has 2 amide bonds. The average molecular weight is 179 g/mol. The van der Waals surface area contributed by atoms with Crippen molar-refractivity contribution in [3.63, 3.8) is 0 Å². The van der Waals surface area contributed by atoms with Crippen molar-refractivity contribution in [3.05, 3.63) is 24.5 Å². The molecule has 0 fully saturated rings. The summed E-state index contributed by atoms with van der Waals surface area (Å²) in [6, 6.07) is 2.90. The third-order valence-corrected chi connectivity index (χ3v) is 1.28. The molecule has 1 aromatic rings. The smallest absolute Gasteiger partial charge is 0.319 e. The zero-order valence-corrected chi connectivity index (χ0v) is 6.86. The molecule has 0 aliphatic heterocycles. The van der Waals surface area contributed by atoms with E-state index in [4.69, 9.17) is 0 Å². The van der Waals surface area contributed by atoms with Gasteiger partial charge in [-0.25, -0.2) is 4.79 Å². The second kappa shape index (κ2) is 4.87. The van der Waals surface area contributed by atoms with Crippen LogP contribution in [0.2, 0.25) is 0 Å². The number of nitrogens with zero attached hydrogens (tertiary/aromatic N) is 1. The zero-order valence-electron chi connectivity index (χ0n) is 6.86. The molecule has 0 radical (unpaired) electrons. The molecule has 2 N–H and O–H groups in total. The summed E-state index contributed by atoms with van der Waals surface area (Å²) in [5, 5.41) is 4.87. The topological polar surface area (TPSA) is 71.1 Å². The van der Waals surface area contributed by atoms with Crippen molar-refractivity contribution < 1.29 is 9.59 Å². The Morgan fingerprint density at radius 1 is 1.46 bits per heavy atom. The number of anilines is 1. The molecule has 0 atom stereocenters. The Hall–Kier alpha value is -1.91. The summed E-state index contributed by atoms with van der Waals surface area (Å²) < 4.78 is 0. The van der Waals surface area contributed by atoms with E-state index in [1.165, 1.54) is 0 Å². The number of pyridine rings is 1. The van der Waals surface area contributed by atoms with Crippen LogP contribution < -0.4 is 10.6 Å². The summed E-state index contributed by atoms with van der Waals surface area (Å²) in [6.45, 7) is 0.0108. The zero-order chi connectivity index (χ0) is 9.52. The monoisotopic (exact) mass is 179 g/mol. The van der Waals surface area contributed by atoms with Crippen LogP contribution in [0.4, 0.5) is 10.5 Å². The summed E-state index contributed by atoms with van der Waals surface area (Å²) >= 11 is 0. The van der Waals surface area contributed by atoms with Gasteiger partial charge in [0.1, 0.15) is 6.29 Å². The van der Waals surface area contributed by atoms with E-state index in [1.54, 1.807) is 24.5 Å². The normalized spacial score (nSPS) is 8.92. The molecule has 1 heterocycles. The predicted octanol–water partition coefficient (Wildman–Crippen LogP) is 0.402. The van der Waals surface area contributed by atoms with E-state index in [-0.39, 0.29) is 6.54 Å². The van der Waals surface area contributed by atoms with Gasteiger partial charge in [-0.15, -0.1) is 0 Å². The second-order valence-corrected chi connectivity index (χ2v) is 2.24. The largest absolute Gasteiger partial charge is 0.331 e. The van der Waals surface area contributed by atoms with Gasteiger partial charge in [0, 0.05) is 18.1 Å². The van der Waals surface area contributed by atoms with Gasteiger partial charge in [0.15, 0.2) is 0 Å². The fourth-order valence-electron chi connectivity index (χ4n) is 0.745. The van der Waals surface area contributed by atoms with Gasteiger partial charge >= 0.3 is 6.03 Å². The van der Waals surface area contributed by atoms with Crippen LogP contribution in [0.3, 0.4) is 0 Å². The third kappa shape index (κ3) is 3.33. The maximum absolute atomic E-state index is 11.0. The van der Waals surface area contributed by atoms with Crippen LogP contribution >= 0.6 is 0 Å². The van der Waals surface area contributed by atoms with Crippen molar-refractivity contribution in [2.45, 2.75) is 0 Å². The van der Waals surface area contributed by atoms with Crippen LogP contribution in [0.5, 0.6) is 0 Å². The van der Waals surface area contributed by atoms with E-state index in [0.717, 1.165) is 0 Å². The number of aromatic nitrogens is 1. The minimum absolute atomic E-state index is 0.0108. The maximum Gasteiger partial charge on any atom is 0.319 e. The number of nitrogens with one attached hydrogen (secondary N) is 2. The first kappa shape index (κ1) is 9.18. The maximum atomic E-state index is 11.0. The van der Waals surface area contributed by atoms with Crippen molar-refractivity contribution in [2.24, 2.45) is 0 Å². The number of hydrogen-bond donors (Lipinski definition) is 2. The summed E-state index contributed by atoms with van der Waals surface area (Å²) in [4.78, 5) is 24.7. The lowest BCUT2D eigenvalue weighted by Crippen LogP contribution is -2.29. The van der Waals surface area contributed by atoms with Gasteiger partial charge in [0.05, 0.1) is 6.54 Å². The lowest BCUT2D eigenvalue weighted by Gasteiger charge is -2.03. The quantitative estimate of drug-likeness (QED) is 0.660. The Kier molecular flexibility index (Phi) is 3.44. The number of urea groups is 1. The lowest BCUT2D eigenvalue weighted by molar-refractivity contribution is -0.107. The van der Waals surface area contributed by atoms with E-state index < -0.39 is 6.03 Å². The van der Waals surface area contributed by atoms with E-state index in [9.17, 15) is 9.59 Å². The van der Waals surface area contributed by atoms with E-state index in [2.05, 4.69) is 15.6 Å². The molecule has 0 saturated carbocycles. The summed E-state index contributed by atoms with van der Waals surface area (Å²) in [5.74, 6) is 0. The van der Waals surface area contributed by atoms with Crippen molar-refractivity contribution in [1.29, 1.82) is 0 Å². The fourth-order valence-corrected chi connectivity index (χ4v) is 0.745. The van der Waals surface area contributed by atoms with Gasteiger partial charge in [-0.3, -0.25) is 4.98 Å². The molecule has 0 aliphatic rings. The minimum Gasteiger partial charge on any atom is -0.331 e. The number of hydrogen-bond acceptors (Lipinski definition) is 3. The van der Waals surface area contributed by atoms with E-state index >= 15 is 0 Å². The number of carbonyl (C=O) groups excluding carboxylic acids is 2. The Bertz CT molecular complexity index is 287. The molecule has 0 aliphatic carbocycles. The molecule has 0 saturated heterocycles. The van der Waals surface area contributed by atoms with Crippen LogP contribution in [0.25, 0.3) is 0 Å². The van der Waals surface area contributed by atoms with Crippen molar-refractivity contribution >= 4 is 18.0 Å². The highest BCUT2D eigenvalue weighted by atomic mass is 16.2. The predicted molar refractivity (Wildman–Crippen MR) is 47.3 cm³/mol. The van der Waals surface area contributed by atoms with Crippen LogP contribution in [-0.4, -0.2) is 23.8 Å². The molecule has 0 unspecified atom stereocenters. The molecule has 0 aromatic carbocycles. The van der Waals surface area contributed by atoms with Crippen molar-refractivity contribution in [3.8, 4) is 0 Å². The molecule has 5 heteroatoms. The van der Waals surface area contributed by atoms with Crippen LogP contribution in [-0.2, 0) is 4.79 Å². The number of carbonyl (C=O) groups is 2. The molecule has 68 valence electrons. The van der Waals surface area contributed by atoms with Gasteiger partial charge in [0.25, 0.3) is 0 Å². The van der Waals surface area contributed by atoms with Gasteiger partial charge in [0.2, 0.25) is 0 Å². The molecular weight excluding hydrogens is 170 g/mol. The molecule has 5 nitrogen and oxygen atoms in total. The average Bonchev–Trinajstić information content (AvgIpc) is 2.16. The Balaban J connectivity index is 2.41. The first-order valence-electron chi connectivity index (χ1n) is 3.71. The first-order valence-corrected chi connectivity index (χ1v) is 3.71. The fraction of sp³-hybridized carbons (Fsp3) is 0.125. The number of aldehydes is 1. The summed E-state index contributed by atoms with van der Waals surface area (Å²) in [5.41, 5.74) is 0.637. The number of rotatable bonds is 3. The van der Waals surface area contributed by atoms with Crippen LogP contribution in [0.15, 0.2) is 24.5 Å².